The van der Waals surface area contributed by atoms with Gasteiger partial charge in [0.15, 0.2) is 0 Å². The molecule has 3 aromatic rings. The predicted octanol–water partition coefficient (Wildman–Crippen LogP) is 4.15. The zero-order chi connectivity index (χ0) is 28.1. The number of anilines is 2. The highest BCUT2D eigenvalue weighted by Gasteiger charge is 2.44. The van der Waals surface area contributed by atoms with Crippen LogP contribution in [0.3, 0.4) is 0 Å². The lowest BCUT2D eigenvalue weighted by molar-refractivity contribution is 0.384. The molecule has 210 valence electrons. The van der Waals surface area contributed by atoms with Crippen molar-refractivity contribution in [3.8, 4) is 16.9 Å². The molecule has 2 N–H and O–H groups in total. The molecule has 1 spiro atoms. The Morgan fingerprint density at radius 1 is 0.974 bits per heavy atom. The van der Waals surface area contributed by atoms with E-state index < -0.39 is 25.6 Å². The molecule has 12 heteroatoms. The van der Waals surface area contributed by atoms with Gasteiger partial charge in [0.1, 0.15) is 5.69 Å². The van der Waals surface area contributed by atoms with Crippen molar-refractivity contribution in [1.29, 1.82) is 0 Å². The molecule has 0 radical (unpaired) electrons. The zero-order valence-corrected chi connectivity index (χ0v) is 24.4. The van der Waals surface area contributed by atoms with Gasteiger partial charge in [-0.1, -0.05) is 11.3 Å². The summed E-state index contributed by atoms with van der Waals surface area (Å²) in [6, 6.07) is 12.0. The summed E-state index contributed by atoms with van der Waals surface area (Å²) in [6.07, 6.45) is 6.59. The maximum atomic E-state index is 12.9. The van der Waals surface area contributed by atoms with Crippen molar-refractivity contribution < 1.29 is 16.8 Å². The molecule has 0 bridgehead atoms. The second-order valence-electron chi connectivity index (χ2n) is 11.6. The minimum Gasteiger partial charge on any atom is -0.371 e. The summed E-state index contributed by atoms with van der Waals surface area (Å²) in [5.41, 5.74) is 3.31. The van der Waals surface area contributed by atoms with Crippen molar-refractivity contribution in [3.63, 3.8) is 0 Å². The molecular weight excluding hydrogens is 536 g/mol. The molecule has 1 aromatic heterocycles. The Morgan fingerprint density at radius 2 is 1.69 bits per heavy atom. The first kappa shape index (κ1) is 27.6. The highest BCUT2D eigenvalue weighted by Crippen LogP contribution is 2.54. The van der Waals surface area contributed by atoms with Crippen LogP contribution < -0.4 is 14.3 Å². The molecule has 2 aromatic carbocycles. The predicted molar refractivity (Wildman–Crippen MR) is 153 cm³/mol. The number of nitrogens with zero attached hydrogens (tertiary/aromatic N) is 4. The van der Waals surface area contributed by atoms with E-state index >= 15 is 0 Å². The van der Waals surface area contributed by atoms with Gasteiger partial charge in [-0.2, -0.15) is 0 Å². The molecule has 2 heterocycles. The van der Waals surface area contributed by atoms with Gasteiger partial charge in [0.25, 0.3) is 0 Å². The Morgan fingerprint density at radius 3 is 2.33 bits per heavy atom. The van der Waals surface area contributed by atoms with Crippen molar-refractivity contribution in [2.24, 2.45) is 5.41 Å². The molecule has 0 unspecified atom stereocenters. The van der Waals surface area contributed by atoms with Crippen molar-refractivity contribution >= 4 is 31.4 Å². The van der Waals surface area contributed by atoms with Crippen LogP contribution in [-0.2, 0) is 20.0 Å². The van der Waals surface area contributed by atoms with E-state index in [4.69, 9.17) is 0 Å². The van der Waals surface area contributed by atoms with E-state index in [1.54, 1.807) is 68.9 Å². The van der Waals surface area contributed by atoms with E-state index in [0.717, 1.165) is 37.2 Å². The number of piperidine rings is 1. The third-order valence-electron chi connectivity index (χ3n) is 7.38. The van der Waals surface area contributed by atoms with Gasteiger partial charge in [-0.05, 0) is 95.2 Å². The fourth-order valence-electron chi connectivity index (χ4n) is 4.99. The lowest BCUT2D eigenvalue weighted by atomic mass is 9.93. The van der Waals surface area contributed by atoms with E-state index in [1.165, 1.54) is 12.8 Å². The van der Waals surface area contributed by atoms with Gasteiger partial charge in [0, 0.05) is 29.9 Å². The van der Waals surface area contributed by atoms with Crippen LogP contribution in [-0.4, -0.2) is 56.2 Å². The normalized spacial score (nSPS) is 17.4. The largest absolute Gasteiger partial charge is 0.371 e. The number of benzene rings is 2. The summed E-state index contributed by atoms with van der Waals surface area (Å²) in [5.74, 6) is -0.00922. The van der Waals surface area contributed by atoms with E-state index in [1.807, 2.05) is 12.1 Å². The second kappa shape index (κ2) is 9.90. The van der Waals surface area contributed by atoms with Crippen LogP contribution in [0.1, 0.15) is 53.4 Å². The fraction of sp³-hybridized carbons (Fsp3) is 0.481. The van der Waals surface area contributed by atoms with E-state index in [2.05, 4.69) is 24.7 Å². The molecule has 1 saturated carbocycles. The lowest BCUT2D eigenvalue weighted by Crippen LogP contribution is -2.40. The number of nitrogens with one attached hydrogen (secondary N) is 2. The van der Waals surface area contributed by atoms with Gasteiger partial charge < -0.3 is 4.90 Å². The summed E-state index contributed by atoms with van der Waals surface area (Å²) >= 11 is 0. The van der Waals surface area contributed by atoms with Gasteiger partial charge >= 0.3 is 0 Å². The Kier molecular flexibility index (Phi) is 7.01. The molecule has 5 rings (SSSR count). The molecule has 2 aliphatic rings. The van der Waals surface area contributed by atoms with Gasteiger partial charge in [0.2, 0.25) is 20.0 Å². The number of hydrogen-bond donors (Lipinski definition) is 2. The first-order valence-electron chi connectivity index (χ1n) is 13.2. The van der Waals surface area contributed by atoms with Gasteiger partial charge in [-0.25, -0.2) is 26.2 Å². The van der Waals surface area contributed by atoms with Gasteiger partial charge in [-0.3, -0.25) is 4.72 Å². The smallest absolute Gasteiger partial charge is 0.241 e. The average Bonchev–Trinajstić information content (AvgIpc) is 3.43. The average molecular weight is 573 g/mol. The molecule has 0 amide bonds. The first-order chi connectivity index (χ1) is 18.3. The van der Waals surface area contributed by atoms with Crippen LogP contribution >= 0.6 is 0 Å². The highest BCUT2D eigenvalue weighted by molar-refractivity contribution is 7.92. The first-order valence-corrected chi connectivity index (χ1v) is 16.4. The van der Waals surface area contributed by atoms with Crippen LogP contribution in [0.4, 0.5) is 11.4 Å². The Labute approximate surface area is 230 Å². The van der Waals surface area contributed by atoms with Crippen LogP contribution in [0, 0.1) is 5.41 Å². The third kappa shape index (κ3) is 6.28. The maximum absolute atomic E-state index is 12.9. The summed E-state index contributed by atoms with van der Waals surface area (Å²) < 4.78 is 57.1. The molecule has 1 saturated heterocycles. The molecule has 10 nitrogen and oxygen atoms in total. The molecule has 39 heavy (non-hydrogen) atoms. The second-order valence-corrected chi connectivity index (χ2v) is 15.3. The number of aromatic nitrogens is 3. The maximum Gasteiger partial charge on any atom is 0.241 e. The summed E-state index contributed by atoms with van der Waals surface area (Å²) in [5, 5.41) is 8.71. The third-order valence-corrected chi connectivity index (χ3v) is 10.4. The van der Waals surface area contributed by atoms with E-state index in [0.29, 0.717) is 22.5 Å². The zero-order valence-electron chi connectivity index (χ0n) is 22.8. The van der Waals surface area contributed by atoms with E-state index in [9.17, 15) is 16.8 Å². The molecule has 2 fully saturated rings. The van der Waals surface area contributed by atoms with Crippen LogP contribution in [0.2, 0.25) is 0 Å². The Hall–Kier alpha value is -2.96. The minimum absolute atomic E-state index is 0.00922. The molecular formula is C27H36N6O4S2. The van der Waals surface area contributed by atoms with E-state index in [-0.39, 0.29) is 10.6 Å². The number of sulfonamides is 2. The van der Waals surface area contributed by atoms with Crippen molar-refractivity contribution in [3.05, 3.63) is 48.7 Å². The molecule has 0 atom stereocenters. The van der Waals surface area contributed by atoms with Crippen LogP contribution in [0.15, 0.2) is 53.6 Å². The monoisotopic (exact) mass is 572 g/mol. The molecule has 1 aliphatic carbocycles. The number of rotatable bonds is 8. The Balaban J connectivity index is 1.48. The minimum atomic E-state index is -3.72. The standard InChI is InChI=1S/C27H36N6O4S2/c1-5-38(34,35)29-20-9-10-23(25(17-20)32-15-13-27(11-12-27)14-16-32)24-19-33(31-28-24)21-7-6-8-22(18-21)39(36,37)30-26(2,3)4/h6-10,17-19,29-30H,5,11-16H2,1-4H3. The van der Waals surface area contributed by atoms with Crippen molar-refractivity contribution in [2.75, 3.05) is 28.5 Å². The Bertz CT molecular complexity index is 1580. The summed E-state index contributed by atoms with van der Waals surface area (Å²) in [7, 11) is -7.14. The molecule has 1 aliphatic heterocycles. The van der Waals surface area contributed by atoms with Crippen LogP contribution in [0.25, 0.3) is 16.9 Å². The lowest BCUT2D eigenvalue weighted by Gasteiger charge is -2.35. The fourth-order valence-corrected chi connectivity index (χ4v) is 7.08. The van der Waals surface area contributed by atoms with Gasteiger partial charge in [0.05, 0.1) is 28.2 Å². The van der Waals surface area contributed by atoms with Crippen molar-refractivity contribution in [2.45, 2.75) is 63.8 Å². The highest BCUT2D eigenvalue weighted by atomic mass is 32.2. The van der Waals surface area contributed by atoms with Crippen molar-refractivity contribution in [1.82, 2.24) is 19.7 Å². The SMILES string of the molecule is CCS(=O)(=O)Nc1ccc(-c2cn(-c3cccc(S(=O)(=O)NC(C)(C)C)c3)nn2)c(N2CCC3(CC2)CC3)c1. The summed E-state index contributed by atoms with van der Waals surface area (Å²) in [6.45, 7) is 8.77. The van der Waals surface area contributed by atoms with Gasteiger partial charge in [-0.15, -0.1) is 5.10 Å². The topological polar surface area (TPSA) is 126 Å². The van der Waals surface area contributed by atoms with Crippen LogP contribution in [0.5, 0.6) is 0 Å². The number of hydrogen-bond acceptors (Lipinski definition) is 7. The summed E-state index contributed by atoms with van der Waals surface area (Å²) in [4.78, 5) is 2.44. The quantitative estimate of drug-likeness (QED) is 0.415.